The Morgan fingerprint density at radius 2 is 1.50 bits per heavy atom. The Balaban J connectivity index is 1.15. The van der Waals surface area contributed by atoms with Gasteiger partial charge in [0.15, 0.2) is 11.6 Å². The predicted octanol–water partition coefficient (Wildman–Crippen LogP) is 5.12. The molecule has 0 amide bonds. The number of hydrogen-bond acceptors (Lipinski definition) is 6. The van der Waals surface area contributed by atoms with Gasteiger partial charge in [-0.2, -0.15) is 0 Å². The van der Waals surface area contributed by atoms with Gasteiger partial charge >= 0.3 is 0 Å². The molecule has 3 N–H and O–H groups in total. The summed E-state index contributed by atoms with van der Waals surface area (Å²) in [6.07, 6.45) is 1.92. The number of aliphatic imine (C=N–C) groups is 2. The summed E-state index contributed by atoms with van der Waals surface area (Å²) in [6.45, 7) is 5.85. The Hall–Kier alpha value is -4.39. The van der Waals surface area contributed by atoms with Crippen molar-refractivity contribution in [1.82, 2.24) is 20.6 Å². The Labute approximate surface area is 208 Å². The number of benzene rings is 2. The van der Waals surface area contributed by atoms with E-state index in [4.69, 9.17) is 9.40 Å². The quantitative estimate of drug-likeness (QED) is 0.337. The summed E-state index contributed by atoms with van der Waals surface area (Å²) in [4.78, 5) is 17.4. The Morgan fingerprint density at radius 1 is 0.750 bits per heavy atom. The highest BCUT2D eigenvalue weighted by molar-refractivity contribution is 6.03. The third kappa shape index (κ3) is 3.64. The molecule has 7 heteroatoms. The first kappa shape index (κ1) is 20.9. The second-order valence-electron chi connectivity index (χ2n) is 9.75. The van der Waals surface area contributed by atoms with Crippen LogP contribution in [-0.4, -0.2) is 46.8 Å². The van der Waals surface area contributed by atoms with Crippen molar-refractivity contribution < 1.29 is 4.42 Å². The van der Waals surface area contributed by atoms with Gasteiger partial charge < -0.3 is 20.0 Å². The molecular weight excluding hydrogens is 448 g/mol. The first-order valence-electron chi connectivity index (χ1n) is 12.3. The maximum atomic E-state index is 6.11. The van der Waals surface area contributed by atoms with Crippen molar-refractivity contribution in [1.29, 1.82) is 0 Å². The van der Waals surface area contributed by atoms with Crippen molar-refractivity contribution in [2.75, 3.05) is 13.1 Å². The highest BCUT2D eigenvalue weighted by Gasteiger charge is 2.18. The van der Waals surface area contributed by atoms with Crippen LogP contribution < -0.4 is 10.6 Å². The number of fused-ring (bicyclic) bond motifs is 2. The molecule has 0 saturated carbocycles. The van der Waals surface area contributed by atoms with Crippen molar-refractivity contribution in [3.63, 3.8) is 0 Å². The van der Waals surface area contributed by atoms with Gasteiger partial charge in [-0.05, 0) is 49.7 Å². The Bertz CT molecular complexity index is 1630. The van der Waals surface area contributed by atoms with Crippen molar-refractivity contribution in [3.8, 4) is 22.5 Å². The molecular formula is C29H26N6O. The van der Waals surface area contributed by atoms with Crippen LogP contribution in [0.15, 0.2) is 81.3 Å². The number of aromatic nitrogens is 2. The van der Waals surface area contributed by atoms with E-state index in [1.54, 1.807) is 0 Å². The van der Waals surface area contributed by atoms with Crippen LogP contribution in [0.25, 0.3) is 44.4 Å². The molecule has 0 aliphatic carbocycles. The largest absolute Gasteiger partial charge is 0.453 e. The van der Waals surface area contributed by atoms with E-state index in [0.29, 0.717) is 12.1 Å². The normalized spacial score (nSPS) is 19.4. The monoisotopic (exact) mass is 474 g/mol. The third-order valence-electron chi connectivity index (χ3n) is 6.83. The van der Waals surface area contributed by atoms with Crippen LogP contribution in [0.2, 0.25) is 0 Å². The summed E-state index contributed by atoms with van der Waals surface area (Å²) < 4.78 is 6.11. The van der Waals surface area contributed by atoms with Crippen molar-refractivity contribution in [2.24, 2.45) is 9.98 Å². The molecule has 2 aliphatic rings. The van der Waals surface area contributed by atoms with Gasteiger partial charge in [-0.3, -0.25) is 15.0 Å². The van der Waals surface area contributed by atoms with Gasteiger partial charge in [0, 0.05) is 45.7 Å². The molecule has 0 bridgehead atoms. The average molecular weight is 475 g/mol. The van der Waals surface area contributed by atoms with Crippen molar-refractivity contribution in [2.45, 2.75) is 25.9 Å². The number of hydrogen-bond donors (Lipinski definition) is 3. The van der Waals surface area contributed by atoms with E-state index in [1.807, 2.05) is 12.3 Å². The average Bonchev–Trinajstić information content (AvgIpc) is 3.69. The summed E-state index contributed by atoms with van der Waals surface area (Å²) in [5.74, 6) is 2.58. The number of H-pyrrole nitrogens is 1. The molecule has 5 heterocycles. The maximum absolute atomic E-state index is 6.11. The molecule has 0 unspecified atom stereocenters. The summed E-state index contributed by atoms with van der Waals surface area (Å²) in [6, 6.07) is 21.7. The van der Waals surface area contributed by atoms with Gasteiger partial charge in [-0.25, -0.2) is 0 Å². The van der Waals surface area contributed by atoms with E-state index in [1.165, 1.54) is 0 Å². The molecule has 7 rings (SSSR count). The summed E-state index contributed by atoms with van der Waals surface area (Å²) in [7, 11) is 0. The van der Waals surface area contributed by atoms with Gasteiger partial charge in [0.25, 0.3) is 0 Å². The SMILES string of the molecule is C[C@@H]1CN=C(c2ccc3cc(-c4ccc(-c5ccc6cc(C7=NC[C@H](C)N7)oc6c5)cn4)[nH]c3c2)N1. The van der Waals surface area contributed by atoms with Crippen molar-refractivity contribution >= 4 is 33.5 Å². The molecule has 0 fully saturated rings. The first-order chi connectivity index (χ1) is 17.6. The minimum atomic E-state index is 0.343. The summed E-state index contributed by atoms with van der Waals surface area (Å²) in [5.41, 5.74) is 7.03. The molecule has 0 spiro atoms. The smallest absolute Gasteiger partial charge is 0.170 e. The van der Waals surface area contributed by atoms with E-state index in [2.05, 4.69) is 94.0 Å². The fraction of sp³-hybridized carbons (Fsp3) is 0.207. The topological polar surface area (TPSA) is 90.6 Å². The molecule has 36 heavy (non-hydrogen) atoms. The van der Waals surface area contributed by atoms with E-state index < -0.39 is 0 Å². The number of rotatable bonds is 4. The van der Waals surface area contributed by atoms with E-state index in [-0.39, 0.29) is 0 Å². The minimum Gasteiger partial charge on any atom is -0.453 e. The molecule has 5 aromatic rings. The van der Waals surface area contributed by atoms with Crippen molar-refractivity contribution in [3.05, 3.63) is 78.2 Å². The van der Waals surface area contributed by atoms with E-state index >= 15 is 0 Å². The maximum Gasteiger partial charge on any atom is 0.170 e. The van der Waals surface area contributed by atoms with Crippen LogP contribution in [0.3, 0.4) is 0 Å². The number of furan rings is 1. The Morgan fingerprint density at radius 3 is 2.25 bits per heavy atom. The highest BCUT2D eigenvalue weighted by atomic mass is 16.3. The fourth-order valence-electron chi connectivity index (χ4n) is 4.89. The molecule has 2 aliphatic heterocycles. The second-order valence-corrected chi connectivity index (χ2v) is 9.75. The molecule has 178 valence electrons. The summed E-state index contributed by atoms with van der Waals surface area (Å²) >= 11 is 0. The van der Waals surface area contributed by atoms with Crippen LogP contribution in [0.5, 0.6) is 0 Å². The van der Waals surface area contributed by atoms with E-state index in [0.717, 1.165) is 80.5 Å². The molecule has 0 saturated heterocycles. The first-order valence-corrected chi connectivity index (χ1v) is 12.3. The van der Waals surface area contributed by atoms with E-state index in [9.17, 15) is 0 Å². The zero-order chi connectivity index (χ0) is 24.2. The predicted molar refractivity (Wildman–Crippen MR) is 145 cm³/mol. The van der Waals surface area contributed by atoms with Crippen LogP contribution in [-0.2, 0) is 0 Å². The van der Waals surface area contributed by atoms with Gasteiger partial charge in [0.05, 0.1) is 24.5 Å². The Kier molecular flexibility index (Phi) is 4.70. The minimum absolute atomic E-state index is 0.343. The number of aromatic amines is 1. The molecule has 2 aromatic carbocycles. The van der Waals surface area contributed by atoms with Gasteiger partial charge in [0.1, 0.15) is 11.4 Å². The molecule has 3 aromatic heterocycles. The lowest BCUT2D eigenvalue weighted by Gasteiger charge is -2.05. The zero-order valence-corrected chi connectivity index (χ0v) is 20.2. The van der Waals surface area contributed by atoms with Gasteiger partial charge in [0.2, 0.25) is 0 Å². The highest BCUT2D eigenvalue weighted by Crippen LogP contribution is 2.29. The summed E-state index contributed by atoms with van der Waals surface area (Å²) in [5, 5.41) is 9.01. The number of nitrogens with zero attached hydrogens (tertiary/aromatic N) is 3. The van der Waals surface area contributed by atoms with Crippen LogP contribution in [0.4, 0.5) is 0 Å². The lowest BCUT2D eigenvalue weighted by Crippen LogP contribution is -2.27. The van der Waals surface area contributed by atoms with Crippen LogP contribution >= 0.6 is 0 Å². The molecule has 7 nitrogen and oxygen atoms in total. The lowest BCUT2D eigenvalue weighted by molar-refractivity contribution is 0.599. The number of pyridine rings is 1. The third-order valence-corrected chi connectivity index (χ3v) is 6.83. The lowest BCUT2D eigenvalue weighted by atomic mass is 10.1. The van der Waals surface area contributed by atoms with Crippen LogP contribution in [0.1, 0.15) is 25.2 Å². The fourth-order valence-corrected chi connectivity index (χ4v) is 4.89. The molecule has 0 radical (unpaired) electrons. The molecule has 2 atom stereocenters. The van der Waals surface area contributed by atoms with Crippen LogP contribution in [0, 0.1) is 0 Å². The zero-order valence-electron chi connectivity index (χ0n) is 20.2. The standard InChI is InChI=1S/C29H26N6O/c1-16-13-31-28(33-16)21-6-4-19-9-25(35-24(19)10-21)23-8-7-22(15-30-23)18-3-5-20-12-27(36-26(20)11-18)29-32-14-17(2)34-29/h3-12,15-17,35H,13-14H2,1-2H3,(H,31,33)(H,32,34)/t16-,17+/m1/s1. The van der Waals surface area contributed by atoms with Gasteiger partial charge in [-0.1, -0.05) is 30.3 Å². The second kappa shape index (κ2) is 8.09. The van der Waals surface area contributed by atoms with Gasteiger partial charge in [-0.15, -0.1) is 0 Å². The number of nitrogens with one attached hydrogen (secondary N) is 3. The number of amidine groups is 2.